The van der Waals surface area contributed by atoms with Gasteiger partial charge in [0.15, 0.2) is 5.69 Å². The van der Waals surface area contributed by atoms with Crippen molar-refractivity contribution in [3.8, 4) is 0 Å². The molecule has 140 valence electrons. The highest BCUT2D eigenvalue weighted by Gasteiger charge is 2.15. The van der Waals surface area contributed by atoms with Crippen LogP contribution in [0.25, 0.3) is 0 Å². The number of nitrogens with one attached hydrogen (secondary N) is 2. The summed E-state index contributed by atoms with van der Waals surface area (Å²) in [6, 6.07) is 8.52. The lowest BCUT2D eigenvalue weighted by Gasteiger charge is -2.13. The fraction of sp³-hybridized carbons (Fsp3) is 0.222. The summed E-state index contributed by atoms with van der Waals surface area (Å²) in [5, 5.41) is 14.3. The highest BCUT2D eigenvalue weighted by molar-refractivity contribution is 6.30. The van der Waals surface area contributed by atoms with E-state index in [1.807, 2.05) is 6.92 Å². The Bertz CT molecular complexity index is 947. The number of amides is 2. The molecule has 1 unspecified atom stereocenters. The number of aryl methyl sites for hydroxylation is 1. The fourth-order valence-electron chi connectivity index (χ4n) is 2.44. The molecule has 1 atom stereocenters. The number of rotatable bonds is 6. The topological polar surface area (TPSA) is 93.8 Å². The van der Waals surface area contributed by atoms with Crippen LogP contribution >= 0.6 is 11.6 Å². The molecular formula is C18H19ClN6O2. The second-order valence-electron chi connectivity index (χ2n) is 6.18. The molecular weight excluding hydrogens is 368 g/mol. The smallest absolute Gasteiger partial charge is 0.276 e. The zero-order valence-electron chi connectivity index (χ0n) is 14.9. The van der Waals surface area contributed by atoms with Gasteiger partial charge in [-0.3, -0.25) is 19.0 Å². The summed E-state index contributed by atoms with van der Waals surface area (Å²) in [7, 11) is 1.75. The van der Waals surface area contributed by atoms with E-state index >= 15 is 0 Å². The van der Waals surface area contributed by atoms with Crippen LogP contribution in [-0.2, 0) is 18.4 Å². The van der Waals surface area contributed by atoms with Crippen molar-refractivity contribution in [2.45, 2.75) is 13.5 Å². The van der Waals surface area contributed by atoms with Crippen molar-refractivity contribution in [3.05, 3.63) is 59.6 Å². The van der Waals surface area contributed by atoms with E-state index in [0.717, 1.165) is 0 Å². The van der Waals surface area contributed by atoms with Gasteiger partial charge in [0, 0.05) is 30.8 Å². The van der Waals surface area contributed by atoms with Crippen LogP contribution in [0.15, 0.2) is 48.9 Å². The third-order valence-electron chi connectivity index (χ3n) is 3.87. The summed E-state index contributed by atoms with van der Waals surface area (Å²) < 4.78 is 3.19. The van der Waals surface area contributed by atoms with Crippen molar-refractivity contribution in [1.29, 1.82) is 0 Å². The molecule has 1 aromatic carbocycles. The first kappa shape index (κ1) is 18.7. The van der Waals surface area contributed by atoms with Crippen molar-refractivity contribution in [1.82, 2.24) is 19.6 Å². The Hall–Kier alpha value is -3.13. The maximum atomic E-state index is 12.3. The predicted molar refractivity (Wildman–Crippen MR) is 103 cm³/mol. The van der Waals surface area contributed by atoms with E-state index in [0.29, 0.717) is 28.6 Å². The average molecular weight is 387 g/mol. The van der Waals surface area contributed by atoms with Gasteiger partial charge in [-0.25, -0.2) is 0 Å². The first-order chi connectivity index (χ1) is 12.9. The molecule has 0 aliphatic carbocycles. The third kappa shape index (κ3) is 4.95. The summed E-state index contributed by atoms with van der Waals surface area (Å²) in [5.41, 5.74) is 1.59. The van der Waals surface area contributed by atoms with Gasteiger partial charge in [-0.15, -0.1) is 0 Å². The maximum Gasteiger partial charge on any atom is 0.276 e. The minimum atomic E-state index is -0.293. The lowest BCUT2D eigenvalue weighted by molar-refractivity contribution is -0.119. The number of carbonyl (C=O) groups is 2. The Labute approximate surface area is 161 Å². The Morgan fingerprint density at radius 1 is 1.15 bits per heavy atom. The van der Waals surface area contributed by atoms with E-state index in [4.69, 9.17) is 11.6 Å². The Kier molecular flexibility index (Phi) is 5.56. The third-order valence-corrected chi connectivity index (χ3v) is 4.06. The summed E-state index contributed by atoms with van der Waals surface area (Å²) in [5.74, 6) is -0.713. The normalized spacial score (nSPS) is 11.8. The highest BCUT2D eigenvalue weighted by atomic mass is 35.5. The first-order valence-corrected chi connectivity index (χ1v) is 8.68. The molecule has 9 heteroatoms. The number of halogens is 1. The van der Waals surface area contributed by atoms with Crippen LogP contribution in [0.1, 0.15) is 17.4 Å². The molecule has 3 rings (SSSR count). The molecule has 3 aromatic rings. The van der Waals surface area contributed by atoms with Crippen molar-refractivity contribution < 1.29 is 9.59 Å². The van der Waals surface area contributed by atoms with Crippen LogP contribution in [0.3, 0.4) is 0 Å². The number of nitrogens with zero attached hydrogens (tertiary/aromatic N) is 4. The minimum absolute atomic E-state index is 0.133. The molecule has 8 nitrogen and oxygen atoms in total. The molecule has 2 N–H and O–H groups in total. The van der Waals surface area contributed by atoms with E-state index in [2.05, 4.69) is 20.8 Å². The van der Waals surface area contributed by atoms with E-state index < -0.39 is 0 Å². The van der Waals surface area contributed by atoms with Crippen LogP contribution in [-0.4, -0.2) is 31.4 Å². The number of anilines is 2. The van der Waals surface area contributed by atoms with Crippen molar-refractivity contribution in [2.24, 2.45) is 13.0 Å². The lowest BCUT2D eigenvalue weighted by Crippen LogP contribution is -2.24. The van der Waals surface area contributed by atoms with Gasteiger partial charge >= 0.3 is 0 Å². The number of benzene rings is 1. The standard InChI is InChI=1S/C18H19ClN6O2/c1-12(10-25-11-13(19)9-20-25)17(26)21-14-3-5-15(6-4-14)22-18(27)16-7-8-24(2)23-16/h3-9,11-12H,10H2,1-2H3,(H,21,26)(H,22,27). The van der Waals surface area contributed by atoms with Gasteiger partial charge in [-0.1, -0.05) is 18.5 Å². The molecule has 2 aromatic heterocycles. The van der Waals surface area contributed by atoms with Crippen LogP contribution in [0.2, 0.25) is 5.02 Å². The number of carbonyl (C=O) groups excluding carboxylic acids is 2. The van der Waals surface area contributed by atoms with Gasteiger partial charge < -0.3 is 10.6 Å². The zero-order chi connectivity index (χ0) is 19.4. The molecule has 0 bridgehead atoms. The van der Waals surface area contributed by atoms with Crippen LogP contribution < -0.4 is 10.6 Å². The predicted octanol–water partition coefficient (Wildman–Crippen LogP) is 2.80. The Morgan fingerprint density at radius 3 is 2.37 bits per heavy atom. The second-order valence-corrected chi connectivity index (χ2v) is 6.61. The SMILES string of the molecule is CC(Cn1cc(Cl)cn1)C(=O)Nc1ccc(NC(=O)c2ccn(C)n2)cc1. The first-order valence-electron chi connectivity index (χ1n) is 8.30. The summed E-state index contributed by atoms with van der Waals surface area (Å²) in [6.07, 6.45) is 4.90. The summed E-state index contributed by atoms with van der Waals surface area (Å²) >= 11 is 5.83. The molecule has 27 heavy (non-hydrogen) atoms. The maximum absolute atomic E-state index is 12.3. The lowest BCUT2D eigenvalue weighted by atomic mass is 10.1. The zero-order valence-corrected chi connectivity index (χ0v) is 15.6. The van der Waals surface area contributed by atoms with Crippen LogP contribution in [0.4, 0.5) is 11.4 Å². The van der Waals surface area contributed by atoms with Gasteiger partial charge in [-0.2, -0.15) is 10.2 Å². The molecule has 0 aliphatic heterocycles. The van der Waals surface area contributed by atoms with Crippen molar-refractivity contribution >= 4 is 34.8 Å². The second kappa shape index (κ2) is 8.05. The molecule has 0 aliphatic rings. The molecule has 0 fully saturated rings. The van der Waals surface area contributed by atoms with E-state index in [-0.39, 0.29) is 17.7 Å². The minimum Gasteiger partial charge on any atom is -0.326 e. The Morgan fingerprint density at radius 2 is 1.81 bits per heavy atom. The molecule has 0 radical (unpaired) electrons. The number of hydrogen-bond acceptors (Lipinski definition) is 4. The van der Waals surface area contributed by atoms with Gasteiger partial charge in [-0.05, 0) is 30.3 Å². The van der Waals surface area contributed by atoms with Crippen LogP contribution in [0, 0.1) is 5.92 Å². The average Bonchev–Trinajstić information content (AvgIpc) is 3.25. The molecule has 2 heterocycles. The highest BCUT2D eigenvalue weighted by Crippen LogP contribution is 2.16. The monoisotopic (exact) mass is 386 g/mol. The number of aromatic nitrogens is 4. The molecule has 0 saturated heterocycles. The van der Waals surface area contributed by atoms with Crippen molar-refractivity contribution in [3.63, 3.8) is 0 Å². The van der Waals surface area contributed by atoms with E-state index in [1.165, 1.54) is 6.20 Å². The molecule has 2 amide bonds. The van der Waals surface area contributed by atoms with Gasteiger partial charge in [0.1, 0.15) is 0 Å². The molecule has 0 saturated carbocycles. The molecule has 0 spiro atoms. The quantitative estimate of drug-likeness (QED) is 0.681. The van der Waals surface area contributed by atoms with E-state index in [1.54, 1.807) is 59.1 Å². The largest absolute Gasteiger partial charge is 0.326 e. The number of hydrogen-bond donors (Lipinski definition) is 2. The van der Waals surface area contributed by atoms with Gasteiger partial charge in [0.05, 0.1) is 23.7 Å². The van der Waals surface area contributed by atoms with Crippen LogP contribution in [0.5, 0.6) is 0 Å². The van der Waals surface area contributed by atoms with Gasteiger partial charge in [0.25, 0.3) is 5.91 Å². The Balaban J connectivity index is 1.55. The van der Waals surface area contributed by atoms with Gasteiger partial charge in [0.2, 0.25) is 5.91 Å². The van der Waals surface area contributed by atoms with Crippen molar-refractivity contribution in [2.75, 3.05) is 10.6 Å². The fourth-order valence-corrected chi connectivity index (χ4v) is 2.59. The summed E-state index contributed by atoms with van der Waals surface area (Å²) in [4.78, 5) is 24.4. The van der Waals surface area contributed by atoms with E-state index in [9.17, 15) is 9.59 Å². The summed E-state index contributed by atoms with van der Waals surface area (Å²) in [6.45, 7) is 2.24.